The minimum atomic E-state index is -0.0570. The fourth-order valence-corrected chi connectivity index (χ4v) is 3.40. The molecule has 138 valence electrons. The molecule has 4 rings (SSSR count). The van der Waals surface area contributed by atoms with Gasteiger partial charge >= 0.3 is 0 Å². The Kier molecular flexibility index (Phi) is 4.83. The first-order chi connectivity index (χ1) is 13.2. The predicted molar refractivity (Wildman–Crippen MR) is 104 cm³/mol. The maximum absolute atomic E-state index is 12.8. The van der Waals surface area contributed by atoms with E-state index in [2.05, 4.69) is 28.9 Å². The lowest BCUT2D eigenvalue weighted by atomic mass is 9.98. The average Bonchev–Trinajstić information content (AvgIpc) is 3.21. The summed E-state index contributed by atoms with van der Waals surface area (Å²) in [6, 6.07) is 17.6. The van der Waals surface area contributed by atoms with Gasteiger partial charge in [-0.1, -0.05) is 24.3 Å². The standard InChI is InChI=1S/C22H22N2O3/c1-16-6-2-3-7-18(16)19(24-10-4-5-11-24)15-22(25)23-17-8-9-20-21(14-17)27-13-12-26-20/h2-11,14,19H,12-13,15H2,1H3,(H,23,25). The largest absolute Gasteiger partial charge is 0.486 e. The number of nitrogens with one attached hydrogen (secondary N) is 1. The van der Waals surface area contributed by atoms with Crippen molar-refractivity contribution in [2.75, 3.05) is 18.5 Å². The minimum Gasteiger partial charge on any atom is -0.486 e. The molecule has 0 spiro atoms. The number of benzene rings is 2. The van der Waals surface area contributed by atoms with Gasteiger partial charge in [0.15, 0.2) is 11.5 Å². The number of rotatable bonds is 5. The lowest BCUT2D eigenvalue weighted by Gasteiger charge is -2.22. The summed E-state index contributed by atoms with van der Waals surface area (Å²) in [7, 11) is 0. The summed E-state index contributed by atoms with van der Waals surface area (Å²) in [5.41, 5.74) is 3.02. The molecule has 1 atom stereocenters. The van der Waals surface area contributed by atoms with E-state index in [9.17, 15) is 4.79 Å². The molecule has 2 aromatic carbocycles. The monoisotopic (exact) mass is 362 g/mol. The molecule has 0 saturated carbocycles. The van der Waals surface area contributed by atoms with E-state index in [1.165, 1.54) is 5.56 Å². The third-order valence-electron chi connectivity index (χ3n) is 4.74. The van der Waals surface area contributed by atoms with Crippen molar-refractivity contribution in [3.8, 4) is 11.5 Å². The molecule has 3 aromatic rings. The van der Waals surface area contributed by atoms with Crippen LogP contribution >= 0.6 is 0 Å². The number of carbonyl (C=O) groups excluding carboxylic acids is 1. The predicted octanol–water partition coefficient (Wildman–Crippen LogP) is 4.19. The number of amides is 1. The van der Waals surface area contributed by atoms with E-state index in [-0.39, 0.29) is 11.9 Å². The van der Waals surface area contributed by atoms with Gasteiger partial charge in [-0.25, -0.2) is 0 Å². The number of aromatic nitrogens is 1. The molecule has 0 aliphatic carbocycles. The van der Waals surface area contributed by atoms with E-state index in [0.717, 1.165) is 5.56 Å². The zero-order chi connectivity index (χ0) is 18.6. The highest BCUT2D eigenvalue weighted by atomic mass is 16.6. The van der Waals surface area contributed by atoms with E-state index in [0.29, 0.717) is 36.8 Å². The fraction of sp³-hybridized carbons (Fsp3) is 0.227. The number of anilines is 1. The van der Waals surface area contributed by atoms with Gasteiger partial charge in [0.25, 0.3) is 0 Å². The molecule has 1 aliphatic heterocycles. The van der Waals surface area contributed by atoms with Crippen LogP contribution in [0.4, 0.5) is 5.69 Å². The Morgan fingerprint density at radius 2 is 1.78 bits per heavy atom. The van der Waals surface area contributed by atoms with E-state index in [1.807, 2.05) is 54.9 Å². The Hall–Kier alpha value is -3.21. The van der Waals surface area contributed by atoms with Crippen LogP contribution in [0.2, 0.25) is 0 Å². The first-order valence-corrected chi connectivity index (χ1v) is 9.08. The number of fused-ring (bicyclic) bond motifs is 1. The fourth-order valence-electron chi connectivity index (χ4n) is 3.40. The average molecular weight is 362 g/mol. The zero-order valence-electron chi connectivity index (χ0n) is 15.2. The van der Waals surface area contributed by atoms with Crippen LogP contribution in [0.5, 0.6) is 11.5 Å². The van der Waals surface area contributed by atoms with E-state index in [1.54, 1.807) is 0 Å². The molecular formula is C22H22N2O3. The molecule has 1 unspecified atom stereocenters. The summed E-state index contributed by atoms with van der Waals surface area (Å²) in [4.78, 5) is 12.8. The van der Waals surface area contributed by atoms with Crippen LogP contribution in [0.3, 0.4) is 0 Å². The summed E-state index contributed by atoms with van der Waals surface area (Å²) < 4.78 is 13.2. The van der Waals surface area contributed by atoms with Gasteiger partial charge in [0, 0.05) is 24.1 Å². The smallest absolute Gasteiger partial charge is 0.226 e. The Labute approximate surface area is 158 Å². The maximum Gasteiger partial charge on any atom is 0.226 e. The third kappa shape index (κ3) is 3.82. The van der Waals surface area contributed by atoms with Gasteiger partial charge in [-0.15, -0.1) is 0 Å². The van der Waals surface area contributed by atoms with Gasteiger partial charge in [-0.05, 0) is 42.3 Å². The zero-order valence-corrected chi connectivity index (χ0v) is 15.2. The number of hydrogen-bond acceptors (Lipinski definition) is 3. The number of aryl methyl sites for hydroxylation is 1. The molecular weight excluding hydrogens is 340 g/mol. The van der Waals surface area contributed by atoms with Crippen LogP contribution in [-0.4, -0.2) is 23.7 Å². The highest BCUT2D eigenvalue weighted by Crippen LogP contribution is 2.33. The summed E-state index contributed by atoms with van der Waals surface area (Å²) in [5, 5.41) is 2.99. The summed E-state index contributed by atoms with van der Waals surface area (Å²) in [6.45, 7) is 3.14. The molecule has 5 nitrogen and oxygen atoms in total. The van der Waals surface area contributed by atoms with Crippen molar-refractivity contribution in [2.24, 2.45) is 0 Å². The van der Waals surface area contributed by atoms with Crippen molar-refractivity contribution < 1.29 is 14.3 Å². The summed E-state index contributed by atoms with van der Waals surface area (Å²) in [6.07, 6.45) is 4.33. The molecule has 0 saturated heterocycles. The van der Waals surface area contributed by atoms with Crippen molar-refractivity contribution in [1.29, 1.82) is 0 Å². The van der Waals surface area contributed by atoms with Crippen LogP contribution in [-0.2, 0) is 4.79 Å². The molecule has 1 aliphatic rings. The Balaban J connectivity index is 1.53. The Morgan fingerprint density at radius 3 is 2.56 bits per heavy atom. The second-order valence-electron chi connectivity index (χ2n) is 6.61. The van der Waals surface area contributed by atoms with Crippen molar-refractivity contribution >= 4 is 11.6 Å². The van der Waals surface area contributed by atoms with Crippen molar-refractivity contribution in [1.82, 2.24) is 4.57 Å². The van der Waals surface area contributed by atoms with Crippen molar-refractivity contribution in [2.45, 2.75) is 19.4 Å². The van der Waals surface area contributed by atoms with Gasteiger partial charge in [0.05, 0.1) is 12.5 Å². The molecule has 2 heterocycles. The first kappa shape index (κ1) is 17.2. The van der Waals surface area contributed by atoms with Gasteiger partial charge in [0.1, 0.15) is 13.2 Å². The van der Waals surface area contributed by atoms with Crippen molar-refractivity contribution in [3.63, 3.8) is 0 Å². The van der Waals surface area contributed by atoms with E-state index >= 15 is 0 Å². The van der Waals surface area contributed by atoms with Gasteiger partial charge in [0.2, 0.25) is 5.91 Å². The lowest BCUT2D eigenvalue weighted by molar-refractivity contribution is -0.116. The van der Waals surface area contributed by atoms with Gasteiger partial charge in [-0.2, -0.15) is 0 Å². The third-order valence-corrected chi connectivity index (χ3v) is 4.74. The van der Waals surface area contributed by atoms with Crippen LogP contribution in [0.1, 0.15) is 23.6 Å². The second kappa shape index (κ2) is 7.58. The van der Waals surface area contributed by atoms with Crippen LogP contribution in [0.25, 0.3) is 0 Å². The van der Waals surface area contributed by atoms with Crippen LogP contribution < -0.4 is 14.8 Å². The quantitative estimate of drug-likeness (QED) is 0.741. The van der Waals surface area contributed by atoms with E-state index in [4.69, 9.17) is 9.47 Å². The van der Waals surface area contributed by atoms with Gasteiger partial charge in [-0.3, -0.25) is 4.79 Å². The molecule has 0 radical (unpaired) electrons. The SMILES string of the molecule is Cc1ccccc1C(CC(=O)Nc1ccc2c(c1)OCCO2)n1cccc1. The minimum absolute atomic E-state index is 0.0476. The summed E-state index contributed by atoms with van der Waals surface area (Å²) in [5.74, 6) is 1.33. The highest BCUT2D eigenvalue weighted by Gasteiger charge is 2.20. The number of ether oxygens (including phenoxy) is 2. The normalized spacial score (nSPS) is 13.8. The number of carbonyl (C=O) groups is 1. The molecule has 27 heavy (non-hydrogen) atoms. The molecule has 0 fully saturated rings. The van der Waals surface area contributed by atoms with Crippen LogP contribution in [0, 0.1) is 6.92 Å². The number of nitrogens with zero attached hydrogens (tertiary/aromatic N) is 1. The molecule has 5 heteroatoms. The highest BCUT2D eigenvalue weighted by molar-refractivity contribution is 5.91. The molecule has 0 bridgehead atoms. The second-order valence-corrected chi connectivity index (χ2v) is 6.61. The lowest BCUT2D eigenvalue weighted by Crippen LogP contribution is -2.20. The van der Waals surface area contributed by atoms with E-state index < -0.39 is 0 Å². The number of hydrogen-bond donors (Lipinski definition) is 1. The molecule has 1 N–H and O–H groups in total. The maximum atomic E-state index is 12.8. The summed E-state index contributed by atoms with van der Waals surface area (Å²) >= 11 is 0. The Morgan fingerprint density at radius 1 is 1.04 bits per heavy atom. The molecule has 1 amide bonds. The van der Waals surface area contributed by atoms with Crippen LogP contribution in [0.15, 0.2) is 67.0 Å². The molecule has 1 aromatic heterocycles. The Bertz CT molecular complexity index is 934. The topological polar surface area (TPSA) is 52.5 Å². The van der Waals surface area contributed by atoms with Crippen molar-refractivity contribution in [3.05, 3.63) is 78.1 Å². The van der Waals surface area contributed by atoms with Gasteiger partial charge < -0.3 is 19.4 Å². The first-order valence-electron chi connectivity index (χ1n) is 9.08.